The van der Waals surface area contributed by atoms with Crippen LogP contribution in [0.4, 0.5) is 10.6 Å². The summed E-state index contributed by atoms with van der Waals surface area (Å²) in [6.07, 6.45) is 0.00425. The second kappa shape index (κ2) is 6.55. The van der Waals surface area contributed by atoms with Gasteiger partial charge in [-0.3, -0.25) is 9.36 Å². The minimum atomic E-state index is -0.899. The fourth-order valence-corrected chi connectivity index (χ4v) is 3.63. The molecular weight excluding hydrogens is 330 g/mol. The van der Waals surface area contributed by atoms with Crippen molar-refractivity contribution >= 4 is 29.1 Å². The second-order valence-corrected chi connectivity index (χ2v) is 6.30. The van der Waals surface area contributed by atoms with E-state index in [0.29, 0.717) is 31.7 Å². The highest BCUT2D eigenvalue weighted by atomic mass is 16.4. The van der Waals surface area contributed by atoms with Gasteiger partial charge in [0.1, 0.15) is 5.82 Å². The van der Waals surface area contributed by atoms with E-state index in [2.05, 4.69) is 9.47 Å². The molecule has 2 heterocycles. The molecule has 1 aromatic heterocycles. The molecule has 1 N–H and O–H groups in total. The Kier molecular flexibility index (Phi) is 4.08. The van der Waals surface area contributed by atoms with Crippen molar-refractivity contribution < 1.29 is 14.7 Å². The van der Waals surface area contributed by atoms with Crippen molar-refractivity contribution in [1.82, 2.24) is 9.47 Å². The van der Waals surface area contributed by atoms with Crippen molar-refractivity contribution in [1.29, 1.82) is 0 Å². The van der Waals surface area contributed by atoms with Crippen LogP contribution in [0.5, 0.6) is 0 Å². The van der Waals surface area contributed by atoms with Crippen LogP contribution in [0.2, 0.25) is 0 Å². The predicted molar refractivity (Wildman–Crippen MR) is 100 cm³/mol. The highest BCUT2D eigenvalue weighted by Gasteiger charge is 2.27. The van der Waals surface area contributed by atoms with Crippen LogP contribution >= 0.6 is 0 Å². The number of hydrogen-bond acceptors (Lipinski definition) is 3. The zero-order chi connectivity index (χ0) is 18.1. The number of benzene rings is 2. The van der Waals surface area contributed by atoms with E-state index in [4.69, 9.17) is 0 Å². The highest BCUT2D eigenvalue weighted by Crippen LogP contribution is 2.35. The average molecular weight is 349 g/mol. The zero-order valence-electron chi connectivity index (χ0n) is 14.2. The zero-order valence-corrected chi connectivity index (χ0v) is 14.2. The smallest absolute Gasteiger partial charge is 0.407 e. The van der Waals surface area contributed by atoms with Gasteiger partial charge < -0.3 is 14.9 Å². The van der Waals surface area contributed by atoms with Crippen LogP contribution in [-0.2, 0) is 0 Å². The third-order valence-electron chi connectivity index (χ3n) is 4.87. The Morgan fingerprint density at radius 3 is 2.23 bits per heavy atom. The number of para-hydroxylation sites is 2. The van der Waals surface area contributed by atoms with Crippen LogP contribution in [0.1, 0.15) is 10.4 Å². The Morgan fingerprint density at radius 2 is 1.58 bits per heavy atom. The van der Waals surface area contributed by atoms with Crippen LogP contribution in [0.25, 0.3) is 16.6 Å². The first-order valence-corrected chi connectivity index (χ1v) is 8.57. The van der Waals surface area contributed by atoms with Crippen molar-refractivity contribution in [2.45, 2.75) is 0 Å². The first-order valence-electron chi connectivity index (χ1n) is 8.57. The second-order valence-electron chi connectivity index (χ2n) is 6.30. The van der Waals surface area contributed by atoms with Crippen LogP contribution in [0, 0.1) is 0 Å². The van der Waals surface area contributed by atoms with Crippen molar-refractivity contribution in [2.24, 2.45) is 0 Å². The predicted octanol–water partition coefficient (Wildman–Crippen LogP) is 3.24. The Hall–Kier alpha value is -3.28. The fraction of sp³-hybridized carbons (Fsp3) is 0.200. The number of carbonyl (C=O) groups excluding carboxylic acids is 1. The molecule has 26 heavy (non-hydrogen) atoms. The number of carbonyl (C=O) groups is 2. The summed E-state index contributed by atoms with van der Waals surface area (Å²) in [7, 11) is 0. The molecule has 1 aliphatic rings. The molecule has 0 saturated carbocycles. The molecule has 0 unspecified atom stereocenters. The molecular formula is C20H19N3O3. The van der Waals surface area contributed by atoms with Crippen molar-refractivity contribution in [3.05, 3.63) is 60.2 Å². The summed E-state index contributed by atoms with van der Waals surface area (Å²) in [5.41, 5.74) is 2.59. The van der Waals surface area contributed by atoms with E-state index in [1.807, 2.05) is 54.6 Å². The van der Waals surface area contributed by atoms with Gasteiger partial charge in [-0.25, -0.2) is 4.79 Å². The molecule has 1 amide bonds. The van der Waals surface area contributed by atoms with Crippen LogP contribution in [-0.4, -0.2) is 53.1 Å². The van der Waals surface area contributed by atoms with Crippen molar-refractivity contribution in [2.75, 3.05) is 31.1 Å². The number of anilines is 1. The van der Waals surface area contributed by atoms with Crippen LogP contribution in [0.3, 0.4) is 0 Å². The summed E-state index contributed by atoms with van der Waals surface area (Å²) in [5, 5.41) is 10.1. The minimum absolute atomic E-state index is 0.421. The lowest BCUT2D eigenvalue weighted by molar-refractivity contribution is 0.112. The normalized spacial score (nSPS) is 14.6. The molecule has 0 aliphatic carbocycles. The molecule has 1 saturated heterocycles. The summed E-state index contributed by atoms with van der Waals surface area (Å²) in [6.45, 7) is 1.94. The first kappa shape index (κ1) is 16.2. The van der Waals surface area contributed by atoms with Gasteiger partial charge in [0, 0.05) is 37.3 Å². The number of amides is 1. The van der Waals surface area contributed by atoms with E-state index < -0.39 is 6.09 Å². The quantitative estimate of drug-likeness (QED) is 0.737. The minimum Gasteiger partial charge on any atom is -0.465 e. The van der Waals surface area contributed by atoms with Gasteiger partial charge in [-0.05, 0) is 18.2 Å². The molecule has 2 aromatic carbocycles. The van der Waals surface area contributed by atoms with Crippen molar-refractivity contribution in [3.63, 3.8) is 0 Å². The molecule has 0 atom stereocenters. The van der Waals surface area contributed by atoms with Gasteiger partial charge in [0.25, 0.3) is 0 Å². The molecule has 4 rings (SSSR count). The van der Waals surface area contributed by atoms with Gasteiger partial charge in [-0.15, -0.1) is 0 Å². The summed E-state index contributed by atoms with van der Waals surface area (Å²) in [5.74, 6) is 0.831. The van der Waals surface area contributed by atoms with Crippen LogP contribution < -0.4 is 4.90 Å². The number of aldehydes is 1. The molecule has 6 heteroatoms. The number of rotatable bonds is 3. The largest absolute Gasteiger partial charge is 0.465 e. The van der Waals surface area contributed by atoms with E-state index >= 15 is 0 Å². The molecule has 0 radical (unpaired) electrons. The molecule has 3 aromatic rings. The average Bonchev–Trinajstić information content (AvgIpc) is 3.03. The molecule has 6 nitrogen and oxygen atoms in total. The number of hydrogen-bond donors (Lipinski definition) is 1. The van der Waals surface area contributed by atoms with Gasteiger partial charge in [-0.2, -0.15) is 0 Å². The third kappa shape index (κ3) is 2.60. The maximum Gasteiger partial charge on any atom is 0.407 e. The number of fused-ring (bicyclic) bond motifs is 1. The van der Waals surface area contributed by atoms with E-state index in [1.165, 1.54) is 4.90 Å². The van der Waals surface area contributed by atoms with E-state index in [1.54, 1.807) is 0 Å². The van der Waals surface area contributed by atoms with E-state index in [-0.39, 0.29) is 0 Å². The lowest BCUT2D eigenvalue weighted by Gasteiger charge is -2.35. The highest BCUT2D eigenvalue weighted by molar-refractivity contribution is 6.05. The SMILES string of the molecule is O=Cc1c(N2CCN(C(=O)O)CC2)n(-c2ccccc2)c2ccccc12. The number of carboxylic acid groups (broad SMARTS) is 1. The summed E-state index contributed by atoms with van der Waals surface area (Å²) >= 11 is 0. The number of aromatic nitrogens is 1. The summed E-state index contributed by atoms with van der Waals surface area (Å²) in [4.78, 5) is 26.7. The summed E-state index contributed by atoms with van der Waals surface area (Å²) in [6, 6.07) is 17.8. The monoisotopic (exact) mass is 349 g/mol. The number of nitrogens with zero attached hydrogens (tertiary/aromatic N) is 3. The van der Waals surface area contributed by atoms with Gasteiger partial charge in [0.15, 0.2) is 6.29 Å². The van der Waals surface area contributed by atoms with Gasteiger partial charge in [0.2, 0.25) is 0 Å². The fourth-order valence-electron chi connectivity index (χ4n) is 3.63. The van der Waals surface area contributed by atoms with Gasteiger partial charge in [0.05, 0.1) is 11.1 Å². The maximum absolute atomic E-state index is 12.0. The van der Waals surface area contributed by atoms with Gasteiger partial charge >= 0.3 is 6.09 Å². The maximum atomic E-state index is 12.0. The Morgan fingerprint density at radius 1 is 0.923 bits per heavy atom. The molecule has 1 aliphatic heterocycles. The lowest BCUT2D eigenvalue weighted by atomic mass is 10.1. The molecule has 0 bridgehead atoms. The van der Waals surface area contributed by atoms with Crippen molar-refractivity contribution in [3.8, 4) is 5.69 Å². The Labute approximate surface area is 150 Å². The number of piperazine rings is 1. The first-order chi connectivity index (χ1) is 12.7. The van der Waals surface area contributed by atoms with E-state index in [9.17, 15) is 14.7 Å². The third-order valence-corrected chi connectivity index (χ3v) is 4.87. The summed E-state index contributed by atoms with van der Waals surface area (Å²) < 4.78 is 2.09. The molecule has 0 spiro atoms. The van der Waals surface area contributed by atoms with Gasteiger partial charge in [-0.1, -0.05) is 36.4 Å². The van der Waals surface area contributed by atoms with Crippen LogP contribution in [0.15, 0.2) is 54.6 Å². The van der Waals surface area contributed by atoms with E-state index in [0.717, 1.165) is 28.7 Å². The lowest BCUT2D eigenvalue weighted by Crippen LogP contribution is -2.49. The standard InChI is InChI=1S/C20H19N3O3/c24-14-17-16-8-4-5-9-18(16)23(15-6-2-1-3-7-15)19(17)21-10-12-22(13-11-21)20(25)26/h1-9,14H,10-13H2,(H,25,26). The Bertz CT molecular complexity index is 957. The Balaban J connectivity index is 1.88. The topological polar surface area (TPSA) is 65.8 Å². The molecule has 132 valence electrons. The molecule has 1 fully saturated rings.